The van der Waals surface area contributed by atoms with Crippen molar-refractivity contribution in [1.82, 2.24) is 0 Å². The number of anilines is 1. The lowest BCUT2D eigenvalue weighted by atomic mass is 10.2. The van der Waals surface area contributed by atoms with Gasteiger partial charge in [0.05, 0.1) is 23.2 Å². The molecule has 0 saturated heterocycles. The Labute approximate surface area is 153 Å². The predicted octanol–water partition coefficient (Wildman–Crippen LogP) is 3.23. The van der Waals surface area contributed by atoms with Crippen LogP contribution in [0.25, 0.3) is 0 Å². The lowest BCUT2D eigenvalue weighted by Gasteiger charge is -2.34. The van der Waals surface area contributed by atoms with Gasteiger partial charge in [-0.3, -0.25) is 4.79 Å². The van der Waals surface area contributed by atoms with E-state index in [1.807, 2.05) is 35.2 Å². The standard InChI is InChI=1S/C17H16BrClN2O3/c18-12-9-11(19)5-6-14(12)23-8-7-21-10-16(17(20)22)24-15-4-2-1-3-13(15)21/h1-6,9,16H,7-8,10H2,(H2,20,22). The topological polar surface area (TPSA) is 64.8 Å². The Morgan fingerprint density at radius 2 is 2.17 bits per heavy atom. The molecule has 2 aromatic carbocycles. The van der Waals surface area contributed by atoms with E-state index in [1.54, 1.807) is 12.1 Å². The van der Waals surface area contributed by atoms with Crippen LogP contribution in [-0.2, 0) is 4.79 Å². The molecule has 7 heteroatoms. The van der Waals surface area contributed by atoms with Crippen LogP contribution in [0.15, 0.2) is 46.9 Å². The van der Waals surface area contributed by atoms with E-state index in [0.29, 0.717) is 36.2 Å². The molecule has 1 heterocycles. The van der Waals surface area contributed by atoms with Crippen LogP contribution in [0.4, 0.5) is 5.69 Å². The second-order valence-electron chi connectivity index (χ2n) is 5.35. The van der Waals surface area contributed by atoms with Crippen LogP contribution in [0.1, 0.15) is 0 Å². The molecule has 1 aliphatic heterocycles. The van der Waals surface area contributed by atoms with Crippen LogP contribution < -0.4 is 20.1 Å². The van der Waals surface area contributed by atoms with Gasteiger partial charge in [0.25, 0.3) is 5.91 Å². The quantitative estimate of drug-likeness (QED) is 0.820. The number of nitrogens with zero attached hydrogens (tertiary/aromatic N) is 1. The average Bonchev–Trinajstić information content (AvgIpc) is 2.56. The van der Waals surface area contributed by atoms with Crippen molar-refractivity contribution in [3.05, 3.63) is 52.0 Å². The van der Waals surface area contributed by atoms with Gasteiger partial charge in [0, 0.05) is 5.02 Å². The van der Waals surface area contributed by atoms with Crippen molar-refractivity contribution in [2.75, 3.05) is 24.6 Å². The summed E-state index contributed by atoms with van der Waals surface area (Å²) in [5, 5.41) is 0.639. The highest BCUT2D eigenvalue weighted by molar-refractivity contribution is 9.10. The van der Waals surface area contributed by atoms with Gasteiger partial charge in [-0.1, -0.05) is 23.7 Å². The van der Waals surface area contributed by atoms with E-state index < -0.39 is 12.0 Å². The Bertz CT molecular complexity index is 756. The molecule has 0 fully saturated rings. The molecule has 0 saturated carbocycles. The first-order valence-corrected chi connectivity index (χ1v) is 8.59. The zero-order valence-electron chi connectivity index (χ0n) is 12.7. The second kappa shape index (κ2) is 7.32. The molecule has 5 nitrogen and oxygen atoms in total. The lowest BCUT2D eigenvalue weighted by molar-refractivity contribution is -0.124. The number of hydrogen-bond acceptors (Lipinski definition) is 4. The molecular weight excluding hydrogens is 396 g/mol. The molecule has 0 aliphatic carbocycles. The summed E-state index contributed by atoms with van der Waals surface area (Å²) < 4.78 is 12.2. The van der Waals surface area contributed by atoms with E-state index in [0.717, 1.165) is 10.2 Å². The molecule has 2 aromatic rings. The fourth-order valence-corrected chi connectivity index (χ4v) is 3.32. The number of rotatable bonds is 5. The zero-order valence-corrected chi connectivity index (χ0v) is 15.1. The van der Waals surface area contributed by atoms with Crippen LogP contribution in [0.5, 0.6) is 11.5 Å². The van der Waals surface area contributed by atoms with Crippen LogP contribution in [0.3, 0.4) is 0 Å². The first-order valence-electron chi connectivity index (χ1n) is 7.42. The number of nitrogens with two attached hydrogens (primary N) is 1. The Hall–Kier alpha value is -1.92. The van der Waals surface area contributed by atoms with E-state index in [-0.39, 0.29) is 0 Å². The molecule has 1 amide bonds. The number of carbonyl (C=O) groups excluding carboxylic acids is 1. The van der Waals surface area contributed by atoms with Crippen molar-refractivity contribution in [3.63, 3.8) is 0 Å². The van der Waals surface area contributed by atoms with Gasteiger partial charge in [-0.2, -0.15) is 0 Å². The summed E-state index contributed by atoms with van der Waals surface area (Å²) in [6.45, 7) is 1.44. The first-order chi connectivity index (χ1) is 11.5. The third-order valence-electron chi connectivity index (χ3n) is 3.69. The Morgan fingerprint density at radius 3 is 2.92 bits per heavy atom. The highest BCUT2D eigenvalue weighted by Crippen LogP contribution is 2.33. The minimum atomic E-state index is -0.665. The summed E-state index contributed by atoms with van der Waals surface area (Å²) in [5.74, 6) is 0.892. The maximum atomic E-state index is 11.5. The van der Waals surface area contributed by atoms with Gasteiger partial charge >= 0.3 is 0 Å². The number of hydrogen-bond donors (Lipinski definition) is 1. The van der Waals surface area contributed by atoms with E-state index in [4.69, 9.17) is 26.8 Å². The lowest BCUT2D eigenvalue weighted by Crippen LogP contribution is -2.48. The fourth-order valence-electron chi connectivity index (χ4n) is 2.52. The molecular formula is C17H16BrClN2O3. The van der Waals surface area contributed by atoms with Gasteiger partial charge in [-0.05, 0) is 46.3 Å². The SMILES string of the molecule is NC(=O)C1CN(CCOc2ccc(Cl)cc2Br)c2ccccc2O1. The second-order valence-corrected chi connectivity index (χ2v) is 6.64. The maximum Gasteiger partial charge on any atom is 0.260 e. The van der Waals surface area contributed by atoms with Crippen LogP contribution in [0.2, 0.25) is 5.02 Å². The highest BCUT2D eigenvalue weighted by atomic mass is 79.9. The van der Waals surface area contributed by atoms with E-state index in [2.05, 4.69) is 15.9 Å². The molecule has 0 bridgehead atoms. The van der Waals surface area contributed by atoms with E-state index in [1.165, 1.54) is 0 Å². The minimum absolute atomic E-state index is 0.400. The van der Waals surface area contributed by atoms with Gasteiger partial charge in [0.15, 0.2) is 6.10 Å². The van der Waals surface area contributed by atoms with Gasteiger partial charge in [-0.25, -0.2) is 0 Å². The predicted molar refractivity (Wildman–Crippen MR) is 96.9 cm³/mol. The zero-order chi connectivity index (χ0) is 17.1. The summed E-state index contributed by atoms with van der Waals surface area (Å²) in [6, 6.07) is 12.9. The Morgan fingerprint density at radius 1 is 1.38 bits per heavy atom. The van der Waals surface area contributed by atoms with Crippen molar-refractivity contribution in [2.45, 2.75) is 6.10 Å². The summed E-state index contributed by atoms with van der Waals surface area (Å²) in [7, 11) is 0. The average molecular weight is 412 g/mol. The van der Waals surface area contributed by atoms with Crippen molar-refractivity contribution in [3.8, 4) is 11.5 Å². The monoisotopic (exact) mass is 410 g/mol. The molecule has 0 spiro atoms. The first kappa shape index (κ1) is 16.9. The summed E-state index contributed by atoms with van der Waals surface area (Å²) >= 11 is 9.35. The van der Waals surface area contributed by atoms with Crippen molar-refractivity contribution >= 4 is 39.1 Å². The Kier molecular flexibility index (Phi) is 5.16. The fraction of sp³-hybridized carbons (Fsp3) is 0.235. The van der Waals surface area contributed by atoms with Crippen molar-refractivity contribution < 1.29 is 14.3 Å². The maximum absolute atomic E-state index is 11.5. The van der Waals surface area contributed by atoms with E-state index >= 15 is 0 Å². The number of carbonyl (C=O) groups is 1. The number of para-hydroxylation sites is 2. The molecule has 24 heavy (non-hydrogen) atoms. The Balaban J connectivity index is 1.68. The number of ether oxygens (including phenoxy) is 2. The number of halogens is 2. The number of amides is 1. The summed E-state index contributed by atoms with van der Waals surface area (Å²) in [6.07, 6.45) is -0.665. The molecule has 3 rings (SSSR count). The van der Waals surface area contributed by atoms with Gasteiger partial charge in [0.2, 0.25) is 0 Å². The largest absolute Gasteiger partial charge is 0.491 e. The third kappa shape index (κ3) is 3.76. The number of benzene rings is 2. The molecule has 1 unspecified atom stereocenters. The van der Waals surface area contributed by atoms with Crippen molar-refractivity contribution in [2.24, 2.45) is 5.73 Å². The number of fused-ring (bicyclic) bond motifs is 1. The van der Waals surface area contributed by atoms with Crippen molar-refractivity contribution in [1.29, 1.82) is 0 Å². The number of primary amides is 1. The van der Waals surface area contributed by atoms with Gasteiger partial charge in [-0.15, -0.1) is 0 Å². The van der Waals surface area contributed by atoms with Crippen LogP contribution >= 0.6 is 27.5 Å². The summed E-state index contributed by atoms with van der Waals surface area (Å²) in [4.78, 5) is 13.5. The summed E-state index contributed by atoms with van der Waals surface area (Å²) in [5.41, 5.74) is 6.32. The van der Waals surface area contributed by atoms with E-state index in [9.17, 15) is 4.79 Å². The highest BCUT2D eigenvalue weighted by Gasteiger charge is 2.28. The molecule has 126 valence electrons. The molecule has 1 atom stereocenters. The van der Waals surface area contributed by atoms with Crippen LogP contribution in [-0.4, -0.2) is 31.7 Å². The molecule has 0 aromatic heterocycles. The normalized spacial score (nSPS) is 16.2. The van der Waals surface area contributed by atoms with Gasteiger partial charge in [0.1, 0.15) is 18.1 Å². The molecule has 2 N–H and O–H groups in total. The molecule has 0 radical (unpaired) electrons. The molecule has 1 aliphatic rings. The smallest absolute Gasteiger partial charge is 0.260 e. The third-order valence-corrected chi connectivity index (χ3v) is 4.55. The minimum Gasteiger partial charge on any atom is -0.491 e. The van der Waals surface area contributed by atoms with Gasteiger partial charge < -0.3 is 20.1 Å². The van der Waals surface area contributed by atoms with Crippen LogP contribution in [0, 0.1) is 0 Å².